The summed E-state index contributed by atoms with van der Waals surface area (Å²) in [5, 5.41) is 0. The van der Waals surface area contributed by atoms with Gasteiger partial charge >= 0.3 is 0 Å². The number of halogens is 2. The normalized spacial score (nSPS) is 40.6. The fraction of sp³-hybridized carbons (Fsp3) is 0.786. The smallest absolute Gasteiger partial charge is 0.159 e. The van der Waals surface area contributed by atoms with Gasteiger partial charge in [0, 0.05) is 5.48 Å². The van der Waals surface area contributed by atoms with E-state index in [0.717, 1.165) is 43.6 Å². The van der Waals surface area contributed by atoms with Crippen LogP contribution in [0.5, 0.6) is 0 Å². The quantitative estimate of drug-likeness (QED) is 0.430. The Morgan fingerprint density at radius 2 is 1.33 bits per heavy atom. The maximum absolute atomic E-state index is 13.7. The van der Waals surface area contributed by atoms with Crippen molar-refractivity contribution in [1.29, 1.82) is 0 Å². The fourth-order valence-electron chi connectivity index (χ4n) is 6.29. The average Bonchev–Trinajstić information content (AvgIpc) is 2.80. The van der Waals surface area contributed by atoms with Crippen LogP contribution in [0.25, 0.3) is 0 Å². The molecule has 0 amide bonds. The maximum atomic E-state index is 13.7. The van der Waals surface area contributed by atoms with Crippen LogP contribution in [0.2, 0.25) is 0 Å². The highest BCUT2D eigenvalue weighted by Gasteiger charge is 2.32. The van der Waals surface area contributed by atoms with Crippen LogP contribution in [0, 0.1) is 41.2 Å². The van der Waals surface area contributed by atoms with E-state index in [4.69, 9.17) is 5.48 Å². The largest absolute Gasteiger partial charge is 0.204 e. The fourth-order valence-corrected chi connectivity index (χ4v) is 6.29. The number of benzene rings is 1. The lowest BCUT2D eigenvalue weighted by molar-refractivity contribution is 0.150. The lowest BCUT2D eigenvalue weighted by Crippen LogP contribution is -2.25. The molecule has 0 heterocycles. The van der Waals surface area contributed by atoms with Crippen molar-refractivity contribution in [3.05, 3.63) is 35.4 Å². The van der Waals surface area contributed by atoms with Crippen molar-refractivity contribution >= 4 is 0 Å². The minimum absolute atomic E-state index is 0.0622. The Kier molecular flexibility index (Phi) is 6.22. The topological polar surface area (TPSA) is 0 Å². The van der Waals surface area contributed by atoms with E-state index in [1.807, 2.05) is 0 Å². The first-order valence-electron chi connectivity index (χ1n) is 14.5. The van der Waals surface area contributed by atoms with Gasteiger partial charge in [-0.15, -0.1) is 0 Å². The molecule has 3 aliphatic carbocycles. The minimum atomic E-state index is -1.47. The van der Waals surface area contributed by atoms with Gasteiger partial charge in [0.05, 0.1) is 0 Å². The molecule has 0 N–H and O–H groups in total. The molecule has 2 heteroatoms. The van der Waals surface area contributed by atoms with E-state index in [9.17, 15) is 8.78 Å². The van der Waals surface area contributed by atoms with Gasteiger partial charge in [-0.3, -0.25) is 0 Å². The van der Waals surface area contributed by atoms with Crippen molar-refractivity contribution in [3.63, 3.8) is 0 Å². The van der Waals surface area contributed by atoms with Crippen LogP contribution in [0.3, 0.4) is 0 Å². The highest BCUT2D eigenvalue weighted by molar-refractivity contribution is 5.22. The lowest BCUT2D eigenvalue weighted by Gasteiger charge is -2.38. The van der Waals surface area contributed by atoms with Crippen molar-refractivity contribution in [2.45, 2.75) is 109 Å². The molecule has 4 rings (SSSR count). The molecule has 0 saturated heterocycles. The van der Waals surface area contributed by atoms with Crippen molar-refractivity contribution < 1.29 is 14.3 Å². The van der Waals surface area contributed by atoms with Crippen LogP contribution in [0.15, 0.2) is 18.2 Å². The molecule has 168 valence electrons. The van der Waals surface area contributed by atoms with Gasteiger partial charge in [-0.05, 0) is 91.7 Å². The third kappa shape index (κ3) is 5.65. The monoisotopic (exact) mass is 420 g/mol. The molecule has 0 atom stereocenters. The zero-order valence-electron chi connectivity index (χ0n) is 22.6. The Morgan fingerprint density at radius 1 is 0.733 bits per heavy atom. The van der Waals surface area contributed by atoms with Gasteiger partial charge in [0.25, 0.3) is 0 Å². The number of rotatable bonds is 6. The molecule has 3 fully saturated rings. The van der Waals surface area contributed by atoms with E-state index in [2.05, 4.69) is 6.92 Å². The average molecular weight is 421 g/mol. The van der Waals surface area contributed by atoms with Gasteiger partial charge in [-0.1, -0.05) is 70.7 Å². The molecule has 0 unspecified atom stereocenters. The van der Waals surface area contributed by atoms with E-state index in [-0.39, 0.29) is 11.8 Å². The van der Waals surface area contributed by atoms with Crippen molar-refractivity contribution in [3.8, 4) is 0 Å². The van der Waals surface area contributed by atoms with Crippen LogP contribution in [-0.4, -0.2) is 0 Å². The second-order valence-electron chi connectivity index (χ2n) is 10.3. The van der Waals surface area contributed by atoms with Crippen LogP contribution in [-0.2, 0) is 0 Å². The molecule has 1 aromatic rings. The molecule has 0 nitrogen and oxygen atoms in total. The van der Waals surface area contributed by atoms with Crippen LogP contribution >= 0.6 is 0 Å². The molecular formula is C28H42F2. The molecule has 0 aliphatic heterocycles. The van der Waals surface area contributed by atoms with Gasteiger partial charge in [0.1, 0.15) is 0 Å². The van der Waals surface area contributed by atoms with Gasteiger partial charge < -0.3 is 0 Å². The molecule has 3 saturated carbocycles. The standard InChI is InChI=1S/C28H42F2/c1-2-20-3-5-21(6-4-20)7-8-22-9-11-23(12-10-22)24-13-15-25(16-14-24)26-17-18-27(29)28(30)19-26/h17-25H,2-16H2,1H3/i9D2,10D2. The van der Waals surface area contributed by atoms with E-state index >= 15 is 0 Å². The highest BCUT2D eigenvalue weighted by atomic mass is 19.2. The number of hydrogen-bond donors (Lipinski definition) is 0. The van der Waals surface area contributed by atoms with Gasteiger partial charge in [0.15, 0.2) is 11.6 Å². The Bertz CT molecular complexity index is 793. The van der Waals surface area contributed by atoms with Crippen LogP contribution in [0.1, 0.15) is 120 Å². The highest BCUT2D eigenvalue weighted by Crippen LogP contribution is 2.45. The van der Waals surface area contributed by atoms with E-state index in [0.29, 0.717) is 31.1 Å². The lowest BCUT2D eigenvalue weighted by atomic mass is 9.67. The van der Waals surface area contributed by atoms with Gasteiger partial charge in [0.2, 0.25) is 0 Å². The first-order chi connectivity index (χ1) is 16.1. The molecule has 0 aromatic heterocycles. The second kappa shape index (κ2) is 10.6. The summed E-state index contributed by atoms with van der Waals surface area (Å²) < 4.78 is 62.3. The van der Waals surface area contributed by atoms with Gasteiger partial charge in [-0.2, -0.15) is 0 Å². The van der Waals surface area contributed by atoms with Crippen molar-refractivity contribution in [2.75, 3.05) is 0 Å². The summed E-state index contributed by atoms with van der Waals surface area (Å²) in [6, 6.07) is 4.20. The SMILES string of the molecule is [2H]C1([2H])CC(C2CCC(c3ccc(F)c(F)c3)CC2)CC([2H])([2H])C1CCC1CCC(CC)CC1. The van der Waals surface area contributed by atoms with E-state index in [1.165, 1.54) is 44.2 Å². The summed E-state index contributed by atoms with van der Waals surface area (Å²) in [5.41, 5.74) is 0.847. The van der Waals surface area contributed by atoms with E-state index in [1.54, 1.807) is 6.07 Å². The zero-order chi connectivity index (χ0) is 24.5. The second-order valence-corrected chi connectivity index (χ2v) is 10.3. The maximum Gasteiger partial charge on any atom is 0.159 e. The molecular weight excluding hydrogens is 374 g/mol. The molecule has 0 spiro atoms. The van der Waals surface area contributed by atoms with Crippen molar-refractivity contribution in [1.82, 2.24) is 0 Å². The Balaban J connectivity index is 1.32. The first-order valence-corrected chi connectivity index (χ1v) is 12.5. The Morgan fingerprint density at radius 3 is 1.97 bits per heavy atom. The minimum Gasteiger partial charge on any atom is -0.204 e. The summed E-state index contributed by atoms with van der Waals surface area (Å²) in [6.45, 7) is 2.27. The Hall–Kier alpha value is -0.920. The summed E-state index contributed by atoms with van der Waals surface area (Å²) >= 11 is 0. The molecule has 1 aromatic carbocycles. The molecule has 3 aliphatic rings. The van der Waals surface area contributed by atoms with Crippen LogP contribution in [0.4, 0.5) is 8.78 Å². The predicted molar refractivity (Wildman–Crippen MR) is 121 cm³/mol. The number of hydrogen-bond acceptors (Lipinski definition) is 0. The summed E-state index contributed by atoms with van der Waals surface area (Å²) in [4.78, 5) is 0. The third-order valence-corrected chi connectivity index (χ3v) is 8.51. The third-order valence-electron chi connectivity index (χ3n) is 8.51. The predicted octanol–water partition coefficient (Wildman–Crippen LogP) is 9.04. The molecule has 0 radical (unpaired) electrons. The summed E-state index contributed by atoms with van der Waals surface area (Å²) in [6.07, 6.45) is 9.44. The van der Waals surface area contributed by atoms with Crippen LogP contribution < -0.4 is 0 Å². The molecule has 30 heavy (non-hydrogen) atoms. The van der Waals surface area contributed by atoms with Gasteiger partial charge in [-0.25, -0.2) is 8.78 Å². The first kappa shape index (κ1) is 17.6. The van der Waals surface area contributed by atoms with E-state index < -0.39 is 30.3 Å². The summed E-state index contributed by atoms with van der Waals surface area (Å²) in [5.74, 6) is -0.0488. The molecule has 0 bridgehead atoms. The zero-order valence-corrected chi connectivity index (χ0v) is 18.6. The Labute approximate surface area is 188 Å². The summed E-state index contributed by atoms with van der Waals surface area (Å²) in [7, 11) is 0. The van der Waals surface area contributed by atoms with Crippen molar-refractivity contribution in [2.24, 2.45) is 29.6 Å².